The van der Waals surface area contributed by atoms with Crippen molar-refractivity contribution in [3.05, 3.63) is 59.7 Å². The van der Waals surface area contributed by atoms with Crippen LogP contribution in [0, 0.1) is 0 Å². The van der Waals surface area contributed by atoms with E-state index in [1.807, 2.05) is 0 Å². The second-order valence-electron chi connectivity index (χ2n) is 4.55. The van der Waals surface area contributed by atoms with Crippen molar-refractivity contribution in [1.82, 2.24) is 0 Å². The Labute approximate surface area is 132 Å². The first-order valence-corrected chi connectivity index (χ1v) is 8.05. The van der Waals surface area contributed by atoms with Crippen molar-refractivity contribution >= 4 is 22.8 Å². The van der Waals surface area contributed by atoms with Gasteiger partial charge in [0, 0.05) is 5.56 Å². The lowest BCUT2D eigenvalue weighted by atomic mass is 10.2. The summed E-state index contributed by atoms with van der Waals surface area (Å²) in [5.41, 5.74) is -0.551. The predicted octanol–water partition coefficient (Wildman–Crippen LogP) is 5.31. The minimum Gasteiger partial charge on any atom is -0.423 e. The molecule has 0 saturated heterocycles. The highest BCUT2D eigenvalue weighted by Crippen LogP contribution is 2.97. The topological polar surface area (TPSA) is 52.6 Å². The Morgan fingerprint density at radius 2 is 1.50 bits per heavy atom. The maximum Gasteiger partial charge on any atom is 0.435 e. The summed E-state index contributed by atoms with van der Waals surface area (Å²) in [5.74, 6) is -2.79. The van der Waals surface area contributed by atoms with Gasteiger partial charge in [0.1, 0.15) is 17.6 Å². The molecule has 0 N–H and O–H groups in total. The molecular weight excluding hydrogens is 359 g/mol. The van der Waals surface area contributed by atoms with Crippen LogP contribution in [0.4, 0.5) is 19.4 Å². The van der Waals surface area contributed by atoms with Crippen molar-refractivity contribution < 1.29 is 37.9 Å². The fourth-order valence-corrected chi connectivity index (χ4v) is 2.14. The average Bonchev–Trinajstić information content (AvgIpc) is 2.45. The lowest BCUT2D eigenvalue weighted by Crippen LogP contribution is -2.17. The second-order valence-corrected chi connectivity index (χ2v) is 6.52. The van der Waals surface area contributed by atoms with E-state index in [0.29, 0.717) is 12.4 Å². The molecule has 2 aromatic rings. The molecule has 0 aliphatic heterocycles. The van der Waals surface area contributed by atoms with E-state index in [0.717, 1.165) is 18.2 Å². The summed E-state index contributed by atoms with van der Waals surface area (Å²) < 4.78 is 70.0. The highest BCUT2D eigenvalue weighted by atomic mass is 32.5. The third-order valence-electron chi connectivity index (χ3n) is 2.58. The molecule has 2 rings (SSSR count). The molecule has 0 atom stereocenters. The number of para-hydroxylation sites is 1. The summed E-state index contributed by atoms with van der Waals surface area (Å²) in [4.78, 5) is 22.4. The van der Waals surface area contributed by atoms with Crippen LogP contribution in [0.2, 0.25) is 0 Å². The van der Waals surface area contributed by atoms with Crippen LogP contribution in [0.15, 0.2) is 48.5 Å². The molecule has 0 fully saturated rings. The van der Waals surface area contributed by atoms with Crippen LogP contribution in [-0.2, 0) is 0 Å². The molecule has 130 valence electrons. The summed E-state index contributed by atoms with van der Waals surface area (Å²) in [6, 6.07) is 8.61. The summed E-state index contributed by atoms with van der Waals surface area (Å²) in [6.45, 7) is 0. The minimum absolute atomic E-state index is 0.0901. The number of carbonyl (C=O) groups is 2. The van der Waals surface area contributed by atoms with Gasteiger partial charge in [0.15, 0.2) is 5.75 Å². The Bertz CT molecular complexity index is 787. The molecule has 10 heteroatoms. The van der Waals surface area contributed by atoms with Gasteiger partial charge in [-0.2, -0.15) is 0 Å². The van der Waals surface area contributed by atoms with E-state index in [4.69, 9.17) is 4.74 Å². The quantitative estimate of drug-likeness (QED) is 0.311. The van der Waals surface area contributed by atoms with Gasteiger partial charge in [-0.05, 0) is 36.4 Å². The molecule has 0 radical (unpaired) electrons. The first-order chi connectivity index (χ1) is 10.9. The lowest BCUT2D eigenvalue weighted by Gasteiger charge is -2.39. The normalized spacial score (nSPS) is 14.2. The third-order valence-corrected chi connectivity index (χ3v) is 3.08. The zero-order chi connectivity index (χ0) is 18.1. The Balaban J connectivity index is 2.28. The van der Waals surface area contributed by atoms with Crippen molar-refractivity contribution in [3.8, 4) is 11.5 Å². The molecule has 0 saturated carbocycles. The Hall–Kier alpha value is -2.62. The number of hydrogen-bond acceptors (Lipinski definition) is 4. The molecule has 0 unspecified atom stereocenters. The number of esters is 1. The Morgan fingerprint density at radius 1 is 0.917 bits per heavy atom. The number of rotatable bonds is 5. The van der Waals surface area contributed by atoms with Crippen LogP contribution in [0.1, 0.15) is 20.7 Å². The van der Waals surface area contributed by atoms with Gasteiger partial charge in [0.2, 0.25) is 0 Å². The first kappa shape index (κ1) is 17.7. The summed E-state index contributed by atoms with van der Waals surface area (Å²) >= 11 is 0. The highest BCUT2D eigenvalue weighted by molar-refractivity contribution is 8.42. The summed E-state index contributed by atoms with van der Waals surface area (Å²) in [5, 5.41) is 0. The average molecular weight is 368 g/mol. The van der Waals surface area contributed by atoms with E-state index in [1.54, 1.807) is 0 Å². The number of aldehydes is 1. The maximum absolute atomic E-state index is 12.4. The Kier molecular flexibility index (Phi) is 3.84. The second kappa shape index (κ2) is 5.20. The first-order valence-electron chi connectivity index (χ1n) is 6.18. The van der Waals surface area contributed by atoms with Crippen molar-refractivity contribution in [2.24, 2.45) is 0 Å². The van der Waals surface area contributed by atoms with Gasteiger partial charge in [-0.3, -0.25) is 4.79 Å². The van der Waals surface area contributed by atoms with Gasteiger partial charge in [0.25, 0.3) is 0 Å². The Morgan fingerprint density at radius 3 is 2.04 bits per heavy atom. The van der Waals surface area contributed by atoms with Crippen molar-refractivity contribution in [2.75, 3.05) is 0 Å². The van der Waals surface area contributed by atoms with E-state index in [1.165, 1.54) is 24.3 Å². The number of benzene rings is 2. The van der Waals surface area contributed by atoms with E-state index >= 15 is 0 Å². The van der Waals surface area contributed by atoms with Crippen molar-refractivity contribution in [1.29, 1.82) is 0 Å². The molecule has 24 heavy (non-hydrogen) atoms. The molecule has 0 aliphatic carbocycles. The molecule has 0 heterocycles. The smallest absolute Gasteiger partial charge is 0.423 e. The van der Waals surface area contributed by atoms with Crippen molar-refractivity contribution in [3.63, 3.8) is 0 Å². The van der Waals surface area contributed by atoms with Crippen LogP contribution in [0.25, 0.3) is 0 Å². The number of ether oxygens (including phenoxy) is 1. The fraction of sp³-hybridized carbons (Fsp3) is 0. The highest BCUT2D eigenvalue weighted by Gasteiger charge is 2.67. The van der Waals surface area contributed by atoms with Gasteiger partial charge in [-0.1, -0.05) is 31.6 Å². The maximum atomic E-state index is 12.4. The summed E-state index contributed by atoms with van der Waals surface area (Å²) in [7, 11) is -10.2. The van der Waals surface area contributed by atoms with Gasteiger partial charge in [-0.25, -0.2) is 4.79 Å². The number of halogens is 5. The predicted molar refractivity (Wildman–Crippen MR) is 77.0 cm³/mol. The van der Waals surface area contributed by atoms with Gasteiger partial charge in [0.05, 0.1) is 0 Å². The van der Waals surface area contributed by atoms with Crippen LogP contribution in [0.5, 0.6) is 11.5 Å². The van der Waals surface area contributed by atoms with E-state index in [-0.39, 0.29) is 11.3 Å². The molecule has 0 aliphatic rings. The monoisotopic (exact) mass is 368 g/mol. The van der Waals surface area contributed by atoms with Gasteiger partial charge < -0.3 is 8.92 Å². The molecule has 0 spiro atoms. The summed E-state index contributed by atoms with van der Waals surface area (Å²) in [6.07, 6.45) is 0.531. The number of hydrogen-bond donors (Lipinski definition) is 0. The molecule has 4 nitrogen and oxygen atoms in total. The van der Waals surface area contributed by atoms with Crippen LogP contribution < -0.4 is 8.92 Å². The van der Waals surface area contributed by atoms with Gasteiger partial charge >= 0.3 is 16.5 Å². The fourth-order valence-electron chi connectivity index (χ4n) is 1.65. The standard InChI is InChI=1S/C14H9F5O4S/c15-24(16,17,18,19)23-13-4-2-1-3-12(13)14(21)22-11-7-5-10(9-20)6-8-11/h1-9H. The zero-order valence-corrected chi connectivity index (χ0v) is 12.4. The molecular formula is C14H9F5O4S. The van der Waals surface area contributed by atoms with Crippen LogP contribution in [0.3, 0.4) is 0 Å². The van der Waals surface area contributed by atoms with E-state index < -0.39 is 27.8 Å². The minimum atomic E-state index is -10.2. The van der Waals surface area contributed by atoms with Gasteiger partial charge in [-0.15, -0.1) is 0 Å². The largest absolute Gasteiger partial charge is 0.435 e. The third kappa shape index (κ3) is 5.23. The SMILES string of the molecule is O=Cc1ccc(OC(=O)c2ccccc2OS(F)(F)(F)(F)F)cc1. The van der Waals surface area contributed by atoms with E-state index in [2.05, 4.69) is 4.18 Å². The molecule has 0 aromatic heterocycles. The molecule has 0 bridgehead atoms. The number of carbonyl (C=O) groups excluding carboxylic acids is 2. The molecule has 2 aromatic carbocycles. The van der Waals surface area contributed by atoms with Crippen molar-refractivity contribution in [2.45, 2.75) is 0 Å². The molecule has 0 amide bonds. The lowest BCUT2D eigenvalue weighted by molar-refractivity contribution is 0.0732. The van der Waals surface area contributed by atoms with E-state index in [9.17, 15) is 29.0 Å². The van der Waals surface area contributed by atoms with Crippen LogP contribution >= 0.6 is 10.5 Å². The zero-order valence-electron chi connectivity index (χ0n) is 11.6. The van der Waals surface area contributed by atoms with Crippen LogP contribution in [-0.4, -0.2) is 12.3 Å².